The Bertz CT molecular complexity index is 275. The van der Waals surface area contributed by atoms with E-state index in [1.165, 1.54) is 0 Å². The zero-order valence-electron chi connectivity index (χ0n) is 11.8. The average molecular weight is 263 g/mol. The Balaban J connectivity index is 4.05. The van der Waals surface area contributed by atoms with Crippen LogP contribution in [0.1, 0.15) is 59.8 Å². The first-order valence-corrected chi connectivity index (χ1v) is 8.60. The van der Waals surface area contributed by atoms with Crippen molar-refractivity contribution >= 4 is 9.84 Å². The Morgan fingerprint density at radius 1 is 1.06 bits per heavy atom. The van der Waals surface area contributed by atoms with E-state index in [0.29, 0.717) is 12.2 Å². The van der Waals surface area contributed by atoms with Crippen LogP contribution in [0, 0.1) is 0 Å². The predicted molar refractivity (Wildman–Crippen MR) is 75.1 cm³/mol. The molecule has 0 saturated carbocycles. The van der Waals surface area contributed by atoms with Gasteiger partial charge in [0.25, 0.3) is 0 Å². The Morgan fingerprint density at radius 3 is 2.24 bits per heavy atom. The molecule has 0 heterocycles. The van der Waals surface area contributed by atoms with Gasteiger partial charge in [-0.2, -0.15) is 0 Å². The zero-order chi connectivity index (χ0) is 13.3. The van der Waals surface area contributed by atoms with Crippen molar-refractivity contribution < 1.29 is 8.42 Å². The quantitative estimate of drug-likeness (QED) is 0.616. The Hall–Kier alpha value is -0.0900. The second kappa shape index (κ2) is 8.92. The first-order valence-electron chi connectivity index (χ1n) is 6.89. The lowest BCUT2D eigenvalue weighted by Gasteiger charge is -2.18. The normalized spacial score (nSPS) is 15.8. The molecule has 2 unspecified atom stereocenters. The molecule has 0 radical (unpaired) electrons. The van der Waals surface area contributed by atoms with E-state index in [0.717, 1.165) is 32.2 Å². The van der Waals surface area contributed by atoms with Crippen molar-refractivity contribution in [2.75, 3.05) is 12.3 Å². The van der Waals surface area contributed by atoms with Crippen LogP contribution in [0.3, 0.4) is 0 Å². The van der Waals surface area contributed by atoms with E-state index in [1.54, 1.807) is 0 Å². The lowest BCUT2D eigenvalue weighted by Crippen LogP contribution is -2.33. The summed E-state index contributed by atoms with van der Waals surface area (Å²) in [6, 6.07) is 0.283. The maximum atomic E-state index is 12.0. The van der Waals surface area contributed by atoms with E-state index in [-0.39, 0.29) is 11.3 Å². The summed E-state index contributed by atoms with van der Waals surface area (Å²) >= 11 is 0. The molecule has 1 N–H and O–H groups in total. The molecule has 17 heavy (non-hydrogen) atoms. The minimum absolute atomic E-state index is 0.223. The molecule has 4 heteroatoms. The molecular formula is C13H29NO2S. The van der Waals surface area contributed by atoms with Gasteiger partial charge in [0.2, 0.25) is 0 Å². The zero-order valence-corrected chi connectivity index (χ0v) is 12.6. The Morgan fingerprint density at radius 2 is 1.71 bits per heavy atom. The van der Waals surface area contributed by atoms with Crippen molar-refractivity contribution in [2.45, 2.75) is 71.1 Å². The van der Waals surface area contributed by atoms with E-state index in [4.69, 9.17) is 0 Å². The van der Waals surface area contributed by atoms with Crippen molar-refractivity contribution in [2.24, 2.45) is 0 Å². The van der Waals surface area contributed by atoms with E-state index in [9.17, 15) is 8.42 Å². The van der Waals surface area contributed by atoms with Gasteiger partial charge in [-0.15, -0.1) is 0 Å². The van der Waals surface area contributed by atoms with Crippen LogP contribution in [-0.4, -0.2) is 32.0 Å². The summed E-state index contributed by atoms with van der Waals surface area (Å²) in [6.07, 6.45) is 4.68. The highest BCUT2D eigenvalue weighted by Gasteiger charge is 2.21. The molecule has 0 aromatic rings. The molecule has 0 saturated heterocycles. The largest absolute Gasteiger partial charge is 0.314 e. The van der Waals surface area contributed by atoms with Crippen LogP contribution in [0.15, 0.2) is 0 Å². The van der Waals surface area contributed by atoms with Gasteiger partial charge < -0.3 is 5.32 Å². The fourth-order valence-electron chi connectivity index (χ4n) is 1.87. The summed E-state index contributed by atoms with van der Waals surface area (Å²) in [5, 5.41) is 3.11. The molecule has 0 bridgehead atoms. The SMILES string of the molecule is CCCCCS(=O)(=O)C(C)CC(C)NCCC. The predicted octanol–water partition coefficient (Wildman–Crippen LogP) is 2.76. The van der Waals surface area contributed by atoms with Gasteiger partial charge in [-0.3, -0.25) is 0 Å². The number of hydrogen-bond acceptors (Lipinski definition) is 3. The molecule has 0 aliphatic heterocycles. The molecule has 3 nitrogen and oxygen atoms in total. The molecular weight excluding hydrogens is 234 g/mol. The highest BCUT2D eigenvalue weighted by Crippen LogP contribution is 2.12. The van der Waals surface area contributed by atoms with Crippen LogP contribution >= 0.6 is 0 Å². The van der Waals surface area contributed by atoms with Crippen LogP contribution in [0.25, 0.3) is 0 Å². The van der Waals surface area contributed by atoms with Crippen LogP contribution in [0.2, 0.25) is 0 Å². The van der Waals surface area contributed by atoms with Gasteiger partial charge in [0.15, 0.2) is 9.84 Å². The number of rotatable bonds is 10. The van der Waals surface area contributed by atoms with Gasteiger partial charge in [-0.05, 0) is 39.7 Å². The molecule has 0 rings (SSSR count). The van der Waals surface area contributed by atoms with Gasteiger partial charge >= 0.3 is 0 Å². The average Bonchev–Trinajstić information content (AvgIpc) is 2.26. The van der Waals surface area contributed by atoms with Crippen molar-refractivity contribution in [3.05, 3.63) is 0 Å². The fraction of sp³-hybridized carbons (Fsp3) is 1.00. The fourth-order valence-corrected chi connectivity index (χ4v) is 3.46. The van der Waals surface area contributed by atoms with Crippen molar-refractivity contribution in [1.29, 1.82) is 0 Å². The molecule has 0 amide bonds. The summed E-state index contributed by atoms with van der Waals surface area (Å²) in [4.78, 5) is 0. The lowest BCUT2D eigenvalue weighted by atomic mass is 10.2. The molecule has 0 aromatic heterocycles. The smallest absolute Gasteiger partial charge is 0.152 e. The second-order valence-electron chi connectivity index (χ2n) is 4.98. The molecule has 104 valence electrons. The first kappa shape index (κ1) is 16.9. The highest BCUT2D eigenvalue weighted by molar-refractivity contribution is 7.92. The number of nitrogens with one attached hydrogen (secondary N) is 1. The third-order valence-corrected chi connectivity index (χ3v) is 5.35. The third-order valence-electron chi connectivity index (χ3n) is 3.07. The number of unbranched alkanes of at least 4 members (excludes halogenated alkanes) is 2. The molecule has 0 aromatic carbocycles. The van der Waals surface area contributed by atoms with Gasteiger partial charge in [0, 0.05) is 6.04 Å². The standard InChI is InChI=1S/C13H29NO2S/c1-5-7-8-10-17(15,16)13(4)11-12(3)14-9-6-2/h12-14H,5-11H2,1-4H3. The summed E-state index contributed by atoms with van der Waals surface area (Å²) in [6.45, 7) is 9.07. The summed E-state index contributed by atoms with van der Waals surface area (Å²) < 4.78 is 24.0. The number of sulfone groups is 1. The van der Waals surface area contributed by atoms with Crippen LogP contribution < -0.4 is 5.32 Å². The van der Waals surface area contributed by atoms with Crippen LogP contribution in [-0.2, 0) is 9.84 Å². The lowest BCUT2D eigenvalue weighted by molar-refractivity contribution is 0.496. The van der Waals surface area contributed by atoms with Crippen molar-refractivity contribution in [3.8, 4) is 0 Å². The van der Waals surface area contributed by atoms with Gasteiger partial charge in [0.05, 0.1) is 11.0 Å². The van der Waals surface area contributed by atoms with Gasteiger partial charge in [-0.25, -0.2) is 8.42 Å². The summed E-state index contributed by atoms with van der Waals surface area (Å²) in [5.41, 5.74) is 0. The number of hydrogen-bond donors (Lipinski definition) is 1. The van der Waals surface area contributed by atoms with E-state index in [2.05, 4.69) is 26.1 Å². The molecule has 2 atom stereocenters. The van der Waals surface area contributed by atoms with Crippen molar-refractivity contribution in [1.82, 2.24) is 5.32 Å². The second-order valence-corrected chi connectivity index (χ2v) is 7.51. The minimum atomic E-state index is -2.89. The van der Waals surface area contributed by atoms with E-state index in [1.807, 2.05) is 6.92 Å². The molecule has 0 spiro atoms. The van der Waals surface area contributed by atoms with Gasteiger partial charge in [0.1, 0.15) is 0 Å². The minimum Gasteiger partial charge on any atom is -0.314 e. The third kappa shape index (κ3) is 7.77. The van der Waals surface area contributed by atoms with Crippen LogP contribution in [0.5, 0.6) is 0 Å². The summed E-state index contributed by atoms with van der Waals surface area (Å²) in [7, 11) is -2.89. The maximum Gasteiger partial charge on any atom is 0.152 e. The molecule has 0 fully saturated rings. The Kier molecular flexibility index (Phi) is 8.88. The Labute approximate surface area is 107 Å². The molecule has 0 aliphatic carbocycles. The van der Waals surface area contributed by atoms with Crippen LogP contribution in [0.4, 0.5) is 0 Å². The highest BCUT2D eigenvalue weighted by atomic mass is 32.2. The van der Waals surface area contributed by atoms with E-state index < -0.39 is 9.84 Å². The summed E-state index contributed by atoms with van der Waals surface area (Å²) in [5.74, 6) is 0.350. The monoisotopic (exact) mass is 263 g/mol. The topological polar surface area (TPSA) is 46.2 Å². The first-order chi connectivity index (χ1) is 7.94. The van der Waals surface area contributed by atoms with Crippen molar-refractivity contribution in [3.63, 3.8) is 0 Å². The van der Waals surface area contributed by atoms with E-state index >= 15 is 0 Å². The maximum absolute atomic E-state index is 12.0. The van der Waals surface area contributed by atoms with Gasteiger partial charge in [-0.1, -0.05) is 26.7 Å². The molecule has 0 aliphatic rings.